The summed E-state index contributed by atoms with van der Waals surface area (Å²) in [6.45, 7) is 4.23. The van der Waals surface area contributed by atoms with Crippen molar-refractivity contribution in [2.45, 2.75) is 31.5 Å². The summed E-state index contributed by atoms with van der Waals surface area (Å²) in [6, 6.07) is 0. The van der Waals surface area contributed by atoms with Crippen molar-refractivity contribution in [3.05, 3.63) is 30.1 Å². The lowest BCUT2D eigenvalue weighted by atomic mass is 9.73. The molecule has 0 saturated carbocycles. The number of hydrogen-bond donors (Lipinski definition) is 1. The molecule has 5 heterocycles. The number of carbonyl (C=O) groups excluding carboxylic acids is 1. The summed E-state index contributed by atoms with van der Waals surface area (Å²) in [6.07, 6.45) is 6.92. The second-order valence-electron chi connectivity index (χ2n) is 7.79. The van der Waals surface area contributed by atoms with E-state index in [0.29, 0.717) is 24.1 Å². The third-order valence-electron chi connectivity index (χ3n) is 6.21. The van der Waals surface area contributed by atoms with Crippen molar-refractivity contribution in [3.63, 3.8) is 0 Å². The summed E-state index contributed by atoms with van der Waals surface area (Å²) in [7, 11) is 1.93. The first-order valence-corrected chi connectivity index (χ1v) is 9.40. The van der Waals surface area contributed by atoms with Crippen LogP contribution in [0.15, 0.2) is 18.6 Å². The highest BCUT2D eigenvalue weighted by Gasteiger charge is 2.63. The van der Waals surface area contributed by atoms with Gasteiger partial charge in [-0.05, 0) is 19.8 Å². The highest BCUT2D eigenvalue weighted by molar-refractivity contribution is 5.91. The molecule has 3 fully saturated rings. The predicted octanol–water partition coefficient (Wildman–Crippen LogP) is 0.327. The van der Waals surface area contributed by atoms with Gasteiger partial charge in [0.2, 0.25) is 5.95 Å². The van der Waals surface area contributed by atoms with Crippen LogP contribution in [0.4, 0.5) is 5.95 Å². The van der Waals surface area contributed by atoms with E-state index in [1.807, 2.05) is 18.7 Å². The molecular formula is C18H23N7O2. The molecule has 2 aromatic heterocycles. The zero-order valence-corrected chi connectivity index (χ0v) is 15.5. The van der Waals surface area contributed by atoms with Crippen molar-refractivity contribution >= 4 is 11.9 Å². The minimum Gasteiger partial charge on any atom is -0.369 e. The van der Waals surface area contributed by atoms with Gasteiger partial charge in [-0.25, -0.2) is 9.67 Å². The third-order valence-corrected chi connectivity index (χ3v) is 6.21. The normalized spacial score (nSPS) is 31.3. The maximum absolute atomic E-state index is 12.3. The zero-order valence-electron chi connectivity index (χ0n) is 15.5. The number of amides is 1. The van der Waals surface area contributed by atoms with E-state index in [1.54, 1.807) is 6.20 Å². The van der Waals surface area contributed by atoms with Crippen LogP contribution in [0.3, 0.4) is 0 Å². The fourth-order valence-corrected chi connectivity index (χ4v) is 5.11. The Balaban J connectivity index is 1.31. The van der Waals surface area contributed by atoms with Crippen molar-refractivity contribution in [1.82, 2.24) is 30.0 Å². The van der Waals surface area contributed by atoms with Gasteiger partial charge < -0.3 is 15.0 Å². The summed E-state index contributed by atoms with van der Waals surface area (Å²) >= 11 is 0. The van der Waals surface area contributed by atoms with Gasteiger partial charge in [0.05, 0.1) is 24.4 Å². The van der Waals surface area contributed by atoms with E-state index in [2.05, 4.69) is 30.3 Å². The summed E-state index contributed by atoms with van der Waals surface area (Å²) in [5, 5.41) is 7.41. The molecule has 9 heteroatoms. The molecule has 1 amide bonds. The molecule has 3 aliphatic heterocycles. The lowest BCUT2D eigenvalue weighted by Crippen LogP contribution is -2.42. The standard InChI is InChI=1S/C18H23N7O2/c1-11-22-17(24(2)23-11)25-9-13-12(15-3-4-18(13,10-25)27-15)7-21-16(26)14-8-19-5-6-20-14/h5-6,8,12-13,15H,3-4,7,9-10H2,1-2H3,(H,21,26)/t12-,13+,15+,18+/m0/s1. The van der Waals surface area contributed by atoms with Crippen LogP contribution in [-0.4, -0.2) is 62.0 Å². The van der Waals surface area contributed by atoms with Crippen LogP contribution in [0.1, 0.15) is 29.2 Å². The van der Waals surface area contributed by atoms with Gasteiger partial charge in [-0.2, -0.15) is 10.1 Å². The van der Waals surface area contributed by atoms with Crippen molar-refractivity contribution in [2.24, 2.45) is 18.9 Å². The molecule has 4 atom stereocenters. The van der Waals surface area contributed by atoms with E-state index in [1.165, 1.54) is 12.4 Å². The van der Waals surface area contributed by atoms with E-state index in [-0.39, 0.29) is 17.6 Å². The number of ether oxygens (including phenoxy) is 1. The average Bonchev–Trinajstić information content (AvgIpc) is 3.39. The van der Waals surface area contributed by atoms with Crippen LogP contribution in [0.25, 0.3) is 0 Å². The van der Waals surface area contributed by atoms with E-state index in [4.69, 9.17) is 4.74 Å². The smallest absolute Gasteiger partial charge is 0.271 e. The van der Waals surface area contributed by atoms with Gasteiger partial charge >= 0.3 is 0 Å². The van der Waals surface area contributed by atoms with Gasteiger partial charge in [0.25, 0.3) is 5.91 Å². The highest BCUT2D eigenvalue weighted by Crippen LogP contribution is 2.55. The molecule has 5 rings (SSSR count). The topological polar surface area (TPSA) is 98.1 Å². The minimum atomic E-state index is -0.182. The zero-order chi connectivity index (χ0) is 18.6. The molecule has 1 N–H and O–H groups in total. The van der Waals surface area contributed by atoms with Crippen molar-refractivity contribution in [3.8, 4) is 0 Å². The van der Waals surface area contributed by atoms with Gasteiger partial charge in [-0.1, -0.05) is 0 Å². The second kappa shape index (κ2) is 5.98. The van der Waals surface area contributed by atoms with E-state index < -0.39 is 0 Å². The Bertz CT molecular complexity index is 870. The van der Waals surface area contributed by atoms with Crippen molar-refractivity contribution < 1.29 is 9.53 Å². The summed E-state index contributed by atoms with van der Waals surface area (Å²) in [4.78, 5) is 27.2. The Morgan fingerprint density at radius 3 is 3.07 bits per heavy atom. The number of nitrogens with one attached hydrogen (secondary N) is 1. The van der Waals surface area contributed by atoms with Gasteiger partial charge in [-0.15, -0.1) is 0 Å². The minimum absolute atomic E-state index is 0.119. The van der Waals surface area contributed by atoms with Crippen LogP contribution in [0.2, 0.25) is 0 Å². The molecule has 0 aromatic carbocycles. The molecule has 3 aliphatic rings. The van der Waals surface area contributed by atoms with Crippen molar-refractivity contribution in [1.29, 1.82) is 0 Å². The Morgan fingerprint density at radius 1 is 1.44 bits per heavy atom. The summed E-state index contributed by atoms with van der Waals surface area (Å²) < 4.78 is 8.29. The third kappa shape index (κ3) is 2.60. The lowest BCUT2D eigenvalue weighted by molar-refractivity contribution is 0.0140. The molecule has 1 spiro atoms. The largest absolute Gasteiger partial charge is 0.369 e. The number of aromatic nitrogens is 5. The molecule has 142 valence electrons. The Kier molecular flexibility index (Phi) is 3.68. The first kappa shape index (κ1) is 16.6. The fourth-order valence-electron chi connectivity index (χ4n) is 5.11. The number of nitrogens with zero attached hydrogens (tertiary/aromatic N) is 6. The fraction of sp³-hybridized carbons (Fsp3) is 0.611. The van der Waals surface area contributed by atoms with Crippen LogP contribution in [0.5, 0.6) is 0 Å². The van der Waals surface area contributed by atoms with Crippen LogP contribution in [0, 0.1) is 18.8 Å². The van der Waals surface area contributed by atoms with Gasteiger partial charge in [0.1, 0.15) is 11.5 Å². The van der Waals surface area contributed by atoms with Crippen molar-refractivity contribution in [2.75, 3.05) is 24.5 Å². The Labute approximate surface area is 157 Å². The van der Waals surface area contributed by atoms with Gasteiger partial charge in [0.15, 0.2) is 0 Å². The average molecular weight is 369 g/mol. The van der Waals surface area contributed by atoms with Crippen LogP contribution >= 0.6 is 0 Å². The molecule has 27 heavy (non-hydrogen) atoms. The van der Waals surface area contributed by atoms with Crippen LogP contribution in [-0.2, 0) is 11.8 Å². The molecule has 2 bridgehead atoms. The van der Waals surface area contributed by atoms with Crippen LogP contribution < -0.4 is 10.2 Å². The number of carbonyl (C=O) groups is 1. The predicted molar refractivity (Wildman–Crippen MR) is 96.1 cm³/mol. The first-order chi connectivity index (χ1) is 13.1. The quantitative estimate of drug-likeness (QED) is 0.829. The maximum Gasteiger partial charge on any atom is 0.271 e. The Morgan fingerprint density at radius 2 is 2.33 bits per heavy atom. The molecule has 0 unspecified atom stereocenters. The molecular weight excluding hydrogens is 346 g/mol. The molecule has 0 radical (unpaired) electrons. The summed E-state index contributed by atoms with van der Waals surface area (Å²) in [5.41, 5.74) is 0.228. The summed E-state index contributed by atoms with van der Waals surface area (Å²) in [5.74, 6) is 2.18. The Hall–Kier alpha value is -2.55. The molecule has 0 aliphatic carbocycles. The van der Waals surface area contributed by atoms with Gasteiger partial charge in [-0.3, -0.25) is 9.78 Å². The number of hydrogen-bond acceptors (Lipinski definition) is 7. The van der Waals surface area contributed by atoms with E-state index in [0.717, 1.165) is 37.7 Å². The number of anilines is 1. The monoisotopic (exact) mass is 369 g/mol. The number of fused-ring (bicyclic) bond motifs is 1. The van der Waals surface area contributed by atoms with Gasteiger partial charge in [0, 0.05) is 44.4 Å². The molecule has 2 aromatic rings. The SMILES string of the molecule is Cc1nc(N2C[C@@H]3[C@H](CNC(=O)c4cnccn4)[C@H]4CC[C@]3(C2)O4)n(C)n1. The molecule has 3 saturated heterocycles. The first-order valence-electron chi connectivity index (χ1n) is 9.40. The maximum atomic E-state index is 12.3. The number of aryl methyl sites for hydroxylation is 2. The lowest BCUT2D eigenvalue weighted by Gasteiger charge is -2.29. The highest BCUT2D eigenvalue weighted by atomic mass is 16.5. The number of rotatable bonds is 4. The van der Waals surface area contributed by atoms with E-state index >= 15 is 0 Å². The van der Waals surface area contributed by atoms with E-state index in [9.17, 15) is 4.79 Å². The second-order valence-corrected chi connectivity index (χ2v) is 7.79. The molecule has 9 nitrogen and oxygen atoms in total.